The number of methoxy groups -OCH3 is 1. The Labute approximate surface area is 114 Å². The zero-order valence-corrected chi connectivity index (χ0v) is 12.4. The summed E-state index contributed by atoms with van der Waals surface area (Å²) in [6.07, 6.45) is 4.27. The molecule has 106 valence electrons. The van der Waals surface area contributed by atoms with E-state index in [2.05, 4.69) is 26.6 Å². The van der Waals surface area contributed by atoms with E-state index in [1.165, 1.54) is 7.11 Å². The number of thioether (sulfide) groups is 1. The van der Waals surface area contributed by atoms with Crippen molar-refractivity contribution in [2.24, 2.45) is 4.99 Å². The highest BCUT2D eigenvalue weighted by Gasteiger charge is 1.99. The quantitative estimate of drug-likeness (QED) is 0.287. The van der Waals surface area contributed by atoms with Gasteiger partial charge in [-0.1, -0.05) is 0 Å². The zero-order chi connectivity index (χ0) is 13.6. The number of carbonyl (C=O) groups is 1. The maximum Gasteiger partial charge on any atom is 0.305 e. The van der Waals surface area contributed by atoms with Crippen molar-refractivity contribution in [1.82, 2.24) is 10.6 Å². The van der Waals surface area contributed by atoms with Gasteiger partial charge in [-0.25, -0.2) is 0 Å². The van der Waals surface area contributed by atoms with E-state index in [9.17, 15) is 4.79 Å². The van der Waals surface area contributed by atoms with Crippen LogP contribution in [0.1, 0.15) is 26.2 Å². The summed E-state index contributed by atoms with van der Waals surface area (Å²) in [7, 11) is 1.42. The third kappa shape index (κ3) is 10.3. The number of hydrogen-bond donors (Lipinski definition) is 2. The highest BCUT2D eigenvalue weighted by molar-refractivity contribution is 7.98. The number of esters is 1. The second-order valence-corrected chi connectivity index (χ2v) is 4.70. The summed E-state index contributed by atoms with van der Waals surface area (Å²) in [4.78, 5) is 15.3. The molecular formula is C12H25N3O2S. The number of nitrogens with zero attached hydrogens (tertiary/aromatic N) is 1. The summed E-state index contributed by atoms with van der Waals surface area (Å²) in [6.45, 7) is 4.54. The molecule has 0 saturated carbocycles. The fraction of sp³-hybridized carbons (Fsp3) is 0.833. The number of ether oxygens (including phenoxy) is 1. The molecular weight excluding hydrogens is 250 g/mol. The molecule has 0 spiro atoms. The average Bonchev–Trinajstić information content (AvgIpc) is 2.38. The van der Waals surface area contributed by atoms with Crippen molar-refractivity contribution in [3.8, 4) is 0 Å². The lowest BCUT2D eigenvalue weighted by atomic mass is 10.2. The van der Waals surface area contributed by atoms with Crippen molar-refractivity contribution in [3.05, 3.63) is 0 Å². The van der Waals surface area contributed by atoms with Crippen LogP contribution in [0.15, 0.2) is 4.99 Å². The van der Waals surface area contributed by atoms with Gasteiger partial charge in [-0.3, -0.25) is 9.79 Å². The number of aliphatic imine (C=N–C) groups is 1. The van der Waals surface area contributed by atoms with Gasteiger partial charge in [0.2, 0.25) is 0 Å². The molecule has 0 saturated heterocycles. The molecule has 0 atom stereocenters. The van der Waals surface area contributed by atoms with Gasteiger partial charge in [-0.05, 0) is 26.0 Å². The number of carbonyl (C=O) groups excluding carboxylic acids is 1. The first-order valence-electron chi connectivity index (χ1n) is 6.32. The summed E-state index contributed by atoms with van der Waals surface area (Å²) in [5.74, 6) is 1.76. The van der Waals surface area contributed by atoms with Crippen LogP contribution >= 0.6 is 11.8 Å². The van der Waals surface area contributed by atoms with E-state index in [4.69, 9.17) is 0 Å². The van der Waals surface area contributed by atoms with E-state index >= 15 is 0 Å². The Balaban J connectivity index is 3.74. The molecule has 0 fully saturated rings. The molecule has 0 aliphatic rings. The van der Waals surface area contributed by atoms with E-state index in [-0.39, 0.29) is 5.97 Å². The Hall–Kier alpha value is -0.910. The molecule has 6 heteroatoms. The zero-order valence-electron chi connectivity index (χ0n) is 11.6. The summed E-state index contributed by atoms with van der Waals surface area (Å²) < 4.78 is 4.58. The molecule has 0 aromatic carbocycles. The first kappa shape index (κ1) is 17.1. The van der Waals surface area contributed by atoms with Gasteiger partial charge in [-0.15, -0.1) is 0 Å². The average molecular weight is 275 g/mol. The van der Waals surface area contributed by atoms with Crippen molar-refractivity contribution in [2.75, 3.05) is 38.8 Å². The van der Waals surface area contributed by atoms with Crippen LogP contribution in [-0.4, -0.2) is 50.7 Å². The summed E-state index contributed by atoms with van der Waals surface area (Å²) in [5.41, 5.74) is 0. The van der Waals surface area contributed by atoms with E-state index in [0.29, 0.717) is 6.42 Å². The maximum atomic E-state index is 10.9. The van der Waals surface area contributed by atoms with Crippen molar-refractivity contribution in [1.29, 1.82) is 0 Å². The Bertz CT molecular complexity index is 247. The van der Waals surface area contributed by atoms with E-state index in [1.807, 2.05) is 6.92 Å². The number of unbranched alkanes of at least 4 members (excludes halogenated alkanes) is 1. The number of nitrogens with one attached hydrogen (secondary N) is 2. The molecule has 0 radical (unpaired) electrons. The summed E-state index contributed by atoms with van der Waals surface area (Å²) >= 11 is 1.80. The molecule has 0 aliphatic carbocycles. The Morgan fingerprint density at radius 2 is 2.11 bits per heavy atom. The van der Waals surface area contributed by atoms with Gasteiger partial charge in [0.25, 0.3) is 0 Å². The minimum absolute atomic E-state index is 0.149. The molecule has 5 nitrogen and oxygen atoms in total. The van der Waals surface area contributed by atoms with Crippen LogP contribution in [0, 0.1) is 0 Å². The third-order valence-corrected chi connectivity index (χ3v) is 2.84. The van der Waals surface area contributed by atoms with E-state index in [0.717, 1.165) is 44.2 Å². The molecule has 0 amide bonds. The largest absolute Gasteiger partial charge is 0.469 e. The molecule has 0 heterocycles. The Morgan fingerprint density at radius 1 is 1.33 bits per heavy atom. The van der Waals surface area contributed by atoms with Crippen LogP contribution in [-0.2, 0) is 9.53 Å². The number of hydrogen-bond acceptors (Lipinski definition) is 4. The number of guanidine groups is 1. The van der Waals surface area contributed by atoms with Gasteiger partial charge < -0.3 is 15.4 Å². The van der Waals surface area contributed by atoms with Crippen LogP contribution in [0.25, 0.3) is 0 Å². The summed E-state index contributed by atoms with van der Waals surface area (Å²) in [5, 5.41) is 6.45. The van der Waals surface area contributed by atoms with Gasteiger partial charge in [0, 0.05) is 31.8 Å². The second kappa shape index (κ2) is 12.5. The van der Waals surface area contributed by atoms with Crippen molar-refractivity contribution in [3.63, 3.8) is 0 Å². The topological polar surface area (TPSA) is 62.7 Å². The summed E-state index contributed by atoms with van der Waals surface area (Å²) in [6, 6.07) is 0. The smallest absolute Gasteiger partial charge is 0.305 e. The molecule has 0 aromatic heterocycles. The number of rotatable bonds is 9. The minimum atomic E-state index is -0.149. The fourth-order valence-electron chi connectivity index (χ4n) is 1.29. The van der Waals surface area contributed by atoms with Crippen molar-refractivity contribution in [2.45, 2.75) is 26.2 Å². The van der Waals surface area contributed by atoms with Crippen LogP contribution in [0.3, 0.4) is 0 Å². The molecule has 0 rings (SSSR count). The molecule has 0 aromatic rings. The van der Waals surface area contributed by atoms with Crippen molar-refractivity contribution < 1.29 is 9.53 Å². The standard InChI is InChI=1S/C12H25N3O2S/c1-4-13-12(15-9-10-18-3)14-8-6-5-7-11(16)17-2/h4-10H2,1-3H3,(H2,13,14,15). The van der Waals surface area contributed by atoms with Gasteiger partial charge in [0.05, 0.1) is 7.11 Å². The highest BCUT2D eigenvalue weighted by atomic mass is 32.2. The first-order valence-corrected chi connectivity index (χ1v) is 7.71. The SMILES string of the molecule is CCNC(=NCCCCC(=O)OC)NCCSC. The molecule has 2 N–H and O–H groups in total. The van der Waals surface area contributed by atoms with Gasteiger partial charge >= 0.3 is 5.97 Å². The predicted octanol–water partition coefficient (Wildman–Crippen LogP) is 1.25. The van der Waals surface area contributed by atoms with Gasteiger partial charge in [-0.2, -0.15) is 11.8 Å². The maximum absolute atomic E-state index is 10.9. The highest BCUT2D eigenvalue weighted by Crippen LogP contribution is 1.97. The Kier molecular flexibility index (Phi) is 11.9. The molecule has 0 unspecified atom stereocenters. The van der Waals surface area contributed by atoms with Crippen molar-refractivity contribution >= 4 is 23.7 Å². The van der Waals surface area contributed by atoms with E-state index < -0.39 is 0 Å². The molecule has 0 aliphatic heterocycles. The lowest BCUT2D eigenvalue weighted by molar-refractivity contribution is -0.140. The fourth-order valence-corrected chi connectivity index (χ4v) is 1.59. The normalized spacial score (nSPS) is 11.2. The monoisotopic (exact) mass is 275 g/mol. The van der Waals surface area contributed by atoms with Crippen LogP contribution in [0.2, 0.25) is 0 Å². The molecule has 0 bridgehead atoms. The lowest BCUT2D eigenvalue weighted by Crippen LogP contribution is -2.38. The van der Waals surface area contributed by atoms with Crippen LogP contribution in [0.5, 0.6) is 0 Å². The molecule has 18 heavy (non-hydrogen) atoms. The first-order chi connectivity index (χ1) is 8.74. The van der Waals surface area contributed by atoms with Gasteiger partial charge in [0.1, 0.15) is 0 Å². The Morgan fingerprint density at radius 3 is 2.72 bits per heavy atom. The third-order valence-electron chi connectivity index (χ3n) is 2.23. The second-order valence-electron chi connectivity index (χ2n) is 3.71. The van der Waals surface area contributed by atoms with Crippen LogP contribution < -0.4 is 10.6 Å². The lowest BCUT2D eigenvalue weighted by Gasteiger charge is -2.10. The van der Waals surface area contributed by atoms with E-state index in [1.54, 1.807) is 11.8 Å². The van der Waals surface area contributed by atoms with Gasteiger partial charge in [0.15, 0.2) is 5.96 Å². The predicted molar refractivity (Wildman–Crippen MR) is 78.2 cm³/mol. The minimum Gasteiger partial charge on any atom is -0.469 e. The van der Waals surface area contributed by atoms with Crippen LogP contribution in [0.4, 0.5) is 0 Å².